The highest BCUT2D eigenvalue weighted by Gasteiger charge is 2.22. The first kappa shape index (κ1) is 14.3. The van der Waals surface area contributed by atoms with Gasteiger partial charge in [-0.3, -0.25) is 4.90 Å². The minimum absolute atomic E-state index is 0.149. The summed E-state index contributed by atoms with van der Waals surface area (Å²) in [6, 6.07) is 10.4. The van der Waals surface area contributed by atoms with Crippen molar-refractivity contribution in [2.45, 2.75) is 32.4 Å². The molecule has 0 unspecified atom stereocenters. The molecular weight excluding hydrogens is 264 g/mol. The van der Waals surface area contributed by atoms with Gasteiger partial charge >= 0.3 is 0 Å². The lowest BCUT2D eigenvalue weighted by molar-refractivity contribution is -0.0333. The third-order valence-electron chi connectivity index (χ3n) is 3.77. The minimum Gasteiger partial charge on any atom is -0.448 e. The molecule has 21 heavy (non-hydrogen) atoms. The molecule has 4 nitrogen and oxygen atoms in total. The maximum atomic E-state index is 5.89. The van der Waals surface area contributed by atoms with Crippen LogP contribution in [0.2, 0.25) is 0 Å². The van der Waals surface area contributed by atoms with E-state index in [9.17, 15) is 0 Å². The van der Waals surface area contributed by atoms with E-state index in [2.05, 4.69) is 48.0 Å². The van der Waals surface area contributed by atoms with E-state index in [0.717, 1.165) is 37.8 Å². The van der Waals surface area contributed by atoms with E-state index in [1.165, 1.54) is 5.56 Å². The Morgan fingerprint density at radius 2 is 2.10 bits per heavy atom. The maximum Gasteiger partial charge on any atom is 0.196 e. The fourth-order valence-electron chi connectivity index (χ4n) is 2.61. The summed E-state index contributed by atoms with van der Waals surface area (Å²) in [5, 5.41) is 0. The molecule has 3 rings (SSSR count). The average molecular weight is 286 g/mol. The summed E-state index contributed by atoms with van der Waals surface area (Å²) < 4.78 is 11.4. The number of aromatic nitrogens is 1. The van der Waals surface area contributed by atoms with Gasteiger partial charge in [0.25, 0.3) is 0 Å². The monoisotopic (exact) mass is 286 g/mol. The highest BCUT2D eigenvalue weighted by molar-refractivity contribution is 5.18. The predicted octanol–water partition coefficient (Wildman–Crippen LogP) is 3.37. The van der Waals surface area contributed by atoms with E-state index in [-0.39, 0.29) is 6.10 Å². The van der Waals surface area contributed by atoms with Crippen LogP contribution >= 0.6 is 0 Å². The summed E-state index contributed by atoms with van der Waals surface area (Å²) in [5.41, 5.74) is 2.25. The zero-order valence-electron chi connectivity index (χ0n) is 12.7. The number of hydrogen-bond donors (Lipinski definition) is 0. The number of ether oxygens (including phenoxy) is 1. The van der Waals surface area contributed by atoms with Crippen LogP contribution in [0.4, 0.5) is 0 Å². The molecule has 1 aromatic carbocycles. The first-order valence-electron chi connectivity index (χ1n) is 7.55. The van der Waals surface area contributed by atoms with Gasteiger partial charge in [0.2, 0.25) is 0 Å². The molecule has 1 saturated heterocycles. The second-order valence-corrected chi connectivity index (χ2v) is 5.84. The SMILES string of the molecule is CC(C)c1nc(CN2CCO[C@H](c3ccccc3)C2)co1. The van der Waals surface area contributed by atoms with Crippen LogP contribution in [0.5, 0.6) is 0 Å². The minimum atomic E-state index is 0.149. The fraction of sp³-hybridized carbons (Fsp3) is 0.471. The Morgan fingerprint density at radius 1 is 1.29 bits per heavy atom. The number of hydrogen-bond acceptors (Lipinski definition) is 4. The molecule has 0 spiro atoms. The zero-order valence-corrected chi connectivity index (χ0v) is 12.7. The van der Waals surface area contributed by atoms with Crippen LogP contribution in [-0.2, 0) is 11.3 Å². The van der Waals surface area contributed by atoms with Crippen LogP contribution < -0.4 is 0 Å². The molecule has 1 atom stereocenters. The topological polar surface area (TPSA) is 38.5 Å². The van der Waals surface area contributed by atoms with Crippen molar-refractivity contribution in [1.29, 1.82) is 0 Å². The normalized spacial score (nSPS) is 20.0. The Morgan fingerprint density at radius 3 is 2.81 bits per heavy atom. The van der Waals surface area contributed by atoms with Gasteiger partial charge < -0.3 is 9.15 Å². The van der Waals surface area contributed by atoms with Gasteiger partial charge in [0.05, 0.1) is 18.4 Å². The first-order chi connectivity index (χ1) is 10.2. The smallest absolute Gasteiger partial charge is 0.196 e. The van der Waals surface area contributed by atoms with Gasteiger partial charge in [0.15, 0.2) is 5.89 Å². The van der Waals surface area contributed by atoms with Crippen LogP contribution in [0.25, 0.3) is 0 Å². The van der Waals surface area contributed by atoms with Crippen molar-refractivity contribution in [3.63, 3.8) is 0 Å². The van der Waals surface area contributed by atoms with Gasteiger partial charge in [-0.05, 0) is 5.56 Å². The molecule has 1 aromatic heterocycles. The van der Waals surface area contributed by atoms with Crippen molar-refractivity contribution in [1.82, 2.24) is 9.88 Å². The Hall–Kier alpha value is -1.65. The zero-order chi connectivity index (χ0) is 14.7. The molecule has 0 aliphatic carbocycles. The van der Waals surface area contributed by atoms with E-state index < -0.39 is 0 Å². The van der Waals surface area contributed by atoms with Crippen LogP contribution in [0.15, 0.2) is 41.0 Å². The number of oxazole rings is 1. The van der Waals surface area contributed by atoms with E-state index >= 15 is 0 Å². The molecule has 0 radical (unpaired) electrons. The van der Waals surface area contributed by atoms with Gasteiger partial charge in [-0.1, -0.05) is 44.2 Å². The number of nitrogens with zero attached hydrogens (tertiary/aromatic N) is 2. The lowest BCUT2D eigenvalue weighted by Gasteiger charge is -2.32. The van der Waals surface area contributed by atoms with E-state index in [1.54, 1.807) is 6.26 Å². The molecule has 0 N–H and O–H groups in total. The average Bonchev–Trinajstić information content (AvgIpc) is 2.97. The van der Waals surface area contributed by atoms with E-state index in [0.29, 0.717) is 5.92 Å². The Bertz CT molecular complexity index is 565. The van der Waals surface area contributed by atoms with E-state index in [4.69, 9.17) is 9.15 Å². The second-order valence-electron chi connectivity index (χ2n) is 5.84. The first-order valence-corrected chi connectivity index (χ1v) is 7.55. The molecule has 1 aliphatic heterocycles. The molecule has 2 aromatic rings. The third-order valence-corrected chi connectivity index (χ3v) is 3.77. The quantitative estimate of drug-likeness (QED) is 0.863. The summed E-state index contributed by atoms with van der Waals surface area (Å²) in [6.07, 6.45) is 1.93. The largest absolute Gasteiger partial charge is 0.448 e. The van der Waals surface area contributed by atoms with Gasteiger partial charge in [0, 0.05) is 25.6 Å². The van der Waals surface area contributed by atoms with Gasteiger partial charge in [-0.25, -0.2) is 4.98 Å². The Labute approximate surface area is 125 Å². The van der Waals surface area contributed by atoms with Crippen molar-refractivity contribution >= 4 is 0 Å². The molecule has 0 amide bonds. The van der Waals surface area contributed by atoms with Gasteiger partial charge in [-0.2, -0.15) is 0 Å². The van der Waals surface area contributed by atoms with Crippen LogP contribution in [0.3, 0.4) is 0 Å². The van der Waals surface area contributed by atoms with Crippen molar-refractivity contribution < 1.29 is 9.15 Å². The molecule has 0 bridgehead atoms. The van der Waals surface area contributed by atoms with Crippen molar-refractivity contribution in [3.8, 4) is 0 Å². The van der Waals surface area contributed by atoms with Gasteiger partial charge in [0.1, 0.15) is 6.26 Å². The van der Waals surface area contributed by atoms with E-state index in [1.807, 2.05) is 6.07 Å². The maximum absolute atomic E-state index is 5.89. The molecule has 1 fully saturated rings. The van der Waals surface area contributed by atoms with Crippen LogP contribution in [0.1, 0.15) is 43.0 Å². The fourth-order valence-corrected chi connectivity index (χ4v) is 2.61. The van der Waals surface area contributed by atoms with Gasteiger partial charge in [-0.15, -0.1) is 0 Å². The predicted molar refractivity (Wildman–Crippen MR) is 81.0 cm³/mol. The summed E-state index contributed by atoms with van der Waals surface area (Å²) in [6.45, 7) is 7.60. The molecule has 2 heterocycles. The standard InChI is InChI=1S/C17H22N2O2/c1-13(2)17-18-15(12-21-17)10-19-8-9-20-16(11-19)14-6-4-3-5-7-14/h3-7,12-13,16H,8-11H2,1-2H3/t16-/m0/s1. The number of morpholine rings is 1. The highest BCUT2D eigenvalue weighted by atomic mass is 16.5. The van der Waals surface area contributed by atoms with Crippen molar-refractivity contribution in [2.24, 2.45) is 0 Å². The molecule has 112 valence electrons. The molecule has 0 saturated carbocycles. The second kappa shape index (κ2) is 6.41. The van der Waals surface area contributed by atoms with Crippen molar-refractivity contribution in [2.75, 3.05) is 19.7 Å². The van der Waals surface area contributed by atoms with Crippen molar-refractivity contribution in [3.05, 3.63) is 53.7 Å². The molecule has 1 aliphatic rings. The van der Waals surface area contributed by atoms with Crippen LogP contribution in [-0.4, -0.2) is 29.6 Å². The summed E-state index contributed by atoms with van der Waals surface area (Å²) in [4.78, 5) is 6.93. The highest BCUT2D eigenvalue weighted by Crippen LogP contribution is 2.23. The lowest BCUT2D eigenvalue weighted by Crippen LogP contribution is -2.37. The Balaban J connectivity index is 1.63. The summed E-state index contributed by atoms with van der Waals surface area (Å²) in [7, 11) is 0. The third kappa shape index (κ3) is 3.52. The summed E-state index contributed by atoms with van der Waals surface area (Å²) in [5.74, 6) is 1.15. The van der Waals surface area contributed by atoms with Crippen LogP contribution in [0, 0.1) is 0 Å². The Kier molecular flexibility index (Phi) is 4.36. The lowest BCUT2D eigenvalue weighted by atomic mass is 10.1. The molecule has 4 heteroatoms. The number of benzene rings is 1. The number of rotatable bonds is 4. The molecular formula is C17H22N2O2. The summed E-state index contributed by atoms with van der Waals surface area (Å²) >= 11 is 0.